The predicted octanol–water partition coefficient (Wildman–Crippen LogP) is 4.21. The molecule has 36 heavy (non-hydrogen) atoms. The standard InChI is InChI=1S/C27H26N6O3/c1-3-25(35)30-20-5-4-6-22(15-20)36-27-23-16-24(31-26(23)28-17-29-27)19-7-9-21(10-8-19)33-13-11-32(12-14-33)18(2)34/h3-10,15-17H,1,11-14H2,2H3,(H,30,35)(H,28,29,31). The molecule has 182 valence electrons. The highest BCUT2D eigenvalue weighted by atomic mass is 16.5. The number of anilines is 2. The fourth-order valence-corrected chi connectivity index (χ4v) is 4.23. The van der Waals surface area contributed by atoms with Gasteiger partial charge in [0.25, 0.3) is 0 Å². The van der Waals surface area contributed by atoms with Crippen LogP contribution in [-0.2, 0) is 9.59 Å². The van der Waals surface area contributed by atoms with Gasteiger partial charge in [-0.15, -0.1) is 0 Å². The number of benzene rings is 2. The summed E-state index contributed by atoms with van der Waals surface area (Å²) in [6.07, 6.45) is 2.66. The van der Waals surface area contributed by atoms with Gasteiger partial charge in [-0.1, -0.05) is 24.8 Å². The molecule has 0 aliphatic carbocycles. The lowest BCUT2D eigenvalue weighted by molar-refractivity contribution is -0.129. The number of aromatic nitrogens is 3. The SMILES string of the molecule is C=CC(=O)Nc1cccc(Oc2ncnc3[nH]c(-c4ccc(N5CCN(C(C)=O)CC5)cc4)cc23)c1. The Kier molecular flexibility index (Phi) is 6.36. The van der Waals surface area contributed by atoms with Crippen LogP contribution >= 0.6 is 0 Å². The first-order valence-corrected chi connectivity index (χ1v) is 11.7. The number of H-pyrrole nitrogens is 1. The Morgan fingerprint density at radius 2 is 1.83 bits per heavy atom. The molecule has 0 bridgehead atoms. The molecular weight excluding hydrogens is 456 g/mol. The molecule has 0 saturated carbocycles. The number of carbonyl (C=O) groups excluding carboxylic acids is 2. The molecule has 4 aromatic rings. The minimum absolute atomic E-state index is 0.127. The molecule has 1 fully saturated rings. The van der Waals surface area contributed by atoms with Crippen LogP contribution in [0.25, 0.3) is 22.3 Å². The molecule has 1 aliphatic rings. The molecule has 2 N–H and O–H groups in total. The molecule has 9 nitrogen and oxygen atoms in total. The summed E-state index contributed by atoms with van der Waals surface area (Å²) in [4.78, 5) is 39.4. The van der Waals surface area contributed by atoms with Gasteiger partial charge in [-0.05, 0) is 42.0 Å². The first-order valence-electron chi connectivity index (χ1n) is 11.7. The molecule has 5 rings (SSSR count). The third-order valence-electron chi connectivity index (χ3n) is 6.16. The maximum Gasteiger partial charge on any atom is 0.247 e. The van der Waals surface area contributed by atoms with Crippen LogP contribution in [0.3, 0.4) is 0 Å². The number of nitrogens with one attached hydrogen (secondary N) is 2. The summed E-state index contributed by atoms with van der Waals surface area (Å²) < 4.78 is 6.04. The Labute approximate surface area is 208 Å². The van der Waals surface area contributed by atoms with Crippen LogP contribution in [0.5, 0.6) is 11.6 Å². The van der Waals surface area contributed by atoms with Gasteiger partial charge in [0.1, 0.15) is 17.7 Å². The maximum absolute atomic E-state index is 11.6. The number of amides is 2. The van der Waals surface area contributed by atoms with Crippen LogP contribution in [0.4, 0.5) is 11.4 Å². The minimum atomic E-state index is -0.295. The Morgan fingerprint density at radius 3 is 2.56 bits per heavy atom. The molecule has 9 heteroatoms. The van der Waals surface area contributed by atoms with Gasteiger partial charge in [-0.2, -0.15) is 0 Å². The Balaban J connectivity index is 1.34. The zero-order valence-electron chi connectivity index (χ0n) is 19.9. The summed E-state index contributed by atoms with van der Waals surface area (Å²) in [5.41, 5.74) is 4.30. The van der Waals surface area contributed by atoms with Crippen LogP contribution < -0.4 is 15.0 Å². The lowest BCUT2D eigenvalue weighted by atomic mass is 10.1. The van der Waals surface area contributed by atoms with Crippen LogP contribution in [0.1, 0.15) is 6.92 Å². The van der Waals surface area contributed by atoms with Crippen molar-refractivity contribution in [3.05, 3.63) is 73.6 Å². The monoisotopic (exact) mass is 482 g/mol. The summed E-state index contributed by atoms with van der Waals surface area (Å²) in [5, 5.41) is 3.47. The number of rotatable bonds is 6. The summed E-state index contributed by atoms with van der Waals surface area (Å²) >= 11 is 0. The average Bonchev–Trinajstić information content (AvgIpc) is 3.34. The van der Waals surface area contributed by atoms with Gasteiger partial charge >= 0.3 is 0 Å². The van der Waals surface area contributed by atoms with Gasteiger partial charge < -0.3 is 24.8 Å². The molecule has 0 unspecified atom stereocenters. The molecule has 2 amide bonds. The second-order valence-corrected chi connectivity index (χ2v) is 8.49. The Hall–Kier alpha value is -4.66. The van der Waals surface area contributed by atoms with E-state index in [9.17, 15) is 9.59 Å². The normalized spacial score (nSPS) is 13.5. The Morgan fingerprint density at radius 1 is 1.06 bits per heavy atom. The Bertz CT molecular complexity index is 1420. The van der Waals surface area contributed by atoms with Crippen molar-refractivity contribution < 1.29 is 14.3 Å². The zero-order chi connectivity index (χ0) is 25.1. The van der Waals surface area contributed by atoms with Crippen molar-refractivity contribution in [3.8, 4) is 22.9 Å². The molecule has 2 aromatic carbocycles. The summed E-state index contributed by atoms with van der Waals surface area (Å²) in [6, 6.07) is 17.4. The number of carbonyl (C=O) groups is 2. The smallest absolute Gasteiger partial charge is 0.247 e. The molecule has 3 heterocycles. The van der Waals surface area contributed by atoms with Gasteiger partial charge in [0, 0.05) is 56.2 Å². The number of ether oxygens (including phenoxy) is 1. The molecule has 0 spiro atoms. The fourth-order valence-electron chi connectivity index (χ4n) is 4.23. The highest BCUT2D eigenvalue weighted by Gasteiger charge is 2.19. The fraction of sp³-hybridized carbons (Fsp3) is 0.185. The average molecular weight is 483 g/mol. The van der Waals surface area contributed by atoms with Crippen molar-refractivity contribution in [2.24, 2.45) is 0 Å². The third-order valence-corrected chi connectivity index (χ3v) is 6.16. The third kappa shape index (κ3) is 4.90. The predicted molar refractivity (Wildman–Crippen MR) is 139 cm³/mol. The van der Waals surface area contributed by atoms with Crippen molar-refractivity contribution >= 4 is 34.2 Å². The highest BCUT2D eigenvalue weighted by molar-refractivity contribution is 5.99. The summed E-state index contributed by atoms with van der Waals surface area (Å²) in [7, 11) is 0. The number of nitrogens with zero attached hydrogens (tertiary/aromatic N) is 4. The number of hydrogen-bond acceptors (Lipinski definition) is 6. The lowest BCUT2D eigenvalue weighted by Gasteiger charge is -2.35. The number of fused-ring (bicyclic) bond motifs is 1. The van der Waals surface area contributed by atoms with Crippen LogP contribution in [-0.4, -0.2) is 57.8 Å². The van der Waals surface area contributed by atoms with E-state index in [4.69, 9.17) is 4.74 Å². The van der Waals surface area contributed by atoms with E-state index in [1.54, 1.807) is 31.2 Å². The topological polar surface area (TPSA) is 103 Å². The van der Waals surface area contributed by atoms with E-state index >= 15 is 0 Å². The van der Waals surface area contributed by atoms with Crippen molar-refractivity contribution in [1.82, 2.24) is 19.9 Å². The molecule has 1 saturated heterocycles. The van der Waals surface area contributed by atoms with Crippen molar-refractivity contribution in [1.29, 1.82) is 0 Å². The first kappa shape index (κ1) is 23.1. The van der Waals surface area contributed by atoms with Gasteiger partial charge in [0.05, 0.1) is 5.39 Å². The summed E-state index contributed by atoms with van der Waals surface area (Å²) in [6.45, 7) is 8.20. The number of hydrogen-bond donors (Lipinski definition) is 2. The minimum Gasteiger partial charge on any atom is -0.438 e. The van der Waals surface area contributed by atoms with E-state index < -0.39 is 0 Å². The number of aromatic amines is 1. The highest BCUT2D eigenvalue weighted by Crippen LogP contribution is 2.32. The van der Waals surface area contributed by atoms with Crippen LogP contribution in [0.15, 0.2) is 73.6 Å². The largest absolute Gasteiger partial charge is 0.438 e. The van der Waals surface area contributed by atoms with Crippen molar-refractivity contribution in [2.75, 3.05) is 36.4 Å². The lowest BCUT2D eigenvalue weighted by Crippen LogP contribution is -2.48. The van der Waals surface area contributed by atoms with Gasteiger partial charge in [0.2, 0.25) is 17.7 Å². The first-order chi connectivity index (χ1) is 17.5. The van der Waals surface area contributed by atoms with Crippen LogP contribution in [0, 0.1) is 0 Å². The molecular formula is C27H26N6O3. The number of piperazine rings is 1. The van der Waals surface area contributed by atoms with Crippen molar-refractivity contribution in [2.45, 2.75) is 6.92 Å². The molecule has 2 aromatic heterocycles. The quantitative estimate of drug-likeness (QED) is 0.399. The van der Waals surface area contributed by atoms with E-state index in [2.05, 4.69) is 56.0 Å². The van der Waals surface area contributed by atoms with Crippen molar-refractivity contribution in [3.63, 3.8) is 0 Å². The van der Waals surface area contributed by atoms with E-state index in [1.807, 2.05) is 11.0 Å². The molecule has 1 aliphatic heterocycles. The molecule has 0 atom stereocenters. The maximum atomic E-state index is 11.6. The zero-order valence-corrected chi connectivity index (χ0v) is 19.9. The van der Waals surface area contributed by atoms with Gasteiger partial charge in [0.15, 0.2) is 0 Å². The second-order valence-electron chi connectivity index (χ2n) is 8.49. The van der Waals surface area contributed by atoms with E-state index in [-0.39, 0.29) is 11.8 Å². The van der Waals surface area contributed by atoms with Gasteiger partial charge in [-0.3, -0.25) is 9.59 Å². The van der Waals surface area contributed by atoms with E-state index in [0.717, 1.165) is 48.5 Å². The van der Waals surface area contributed by atoms with E-state index in [0.29, 0.717) is 23.0 Å². The summed E-state index contributed by atoms with van der Waals surface area (Å²) in [5.74, 6) is 0.780. The van der Waals surface area contributed by atoms with E-state index in [1.165, 1.54) is 12.4 Å². The molecule has 0 radical (unpaired) electrons. The van der Waals surface area contributed by atoms with Crippen LogP contribution in [0.2, 0.25) is 0 Å². The van der Waals surface area contributed by atoms with Gasteiger partial charge in [-0.25, -0.2) is 9.97 Å². The second kappa shape index (κ2) is 9.91.